The van der Waals surface area contributed by atoms with Crippen LogP contribution in [0.3, 0.4) is 0 Å². The maximum absolute atomic E-state index is 13.9. The Bertz CT molecular complexity index is 890. The lowest BCUT2D eigenvalue weighted by Gasteiger charge is -2.20. The number of thioether (sulfide) groups is 1. The van der Waals surface area contributed by atoms with E-state index in [9.17, 15) is 9.18 Å². The number of carbonyl (C=O) groups is 1. The second-order valence-corrected chi connectivity index (χ2v) is 8.52. The number of nitrogens with one attached hydrogen (secondary N) is 1. The topological polar surface area (TPSA) is 44.7 Å². The molecule has 8 heteroatoms. The molecular formula is C21H24Cl2FN3OS. The molecule has 1 N–H and O–H groups in total. The van der Waals surface area contributed by atoms with E-state index in [0.29, 0.717) is 10.9 Å². The Morgan fingerprint density at radius 2 is 2.00 bits per heavy atom. The number of amidine groups is 1. The number of rotatable bonds is 5. The predicted molar refractivity (Wildman–Crippen MR) is 124 cm³/mol. The molecule has 1 aliphatic heterocycles. The van der Waals surface area contributed by atoms with Gasteiger partial charge in [-0.05, 0) is 41.8 Å². The Morgan fingerprint density at radius 3 is 2.62 bits per heavy atom. The predicted octanol–water partition coefficient (Wildman–Crippen LogP) is 6.09. The molecule has 1 aliphatic rings. The molecule has 1 unspecified atom stereocenters. The van der Waals surface area contributed by atoms with E-state index in [-0.39, 0.29) is 36.5 Å². The first kappa shape index (κ1) is 23.5. The molecule has 0 radical (unpaired) electrons. The maximum Gasteiger partial charge on any atom is 0.226 e. The zero-order valence-corrected chi connectivity index (χ0v) is 18.9. The van der Waals surface area contributed by atoms with Crippen LogP contribution in [0.15, 0.2) is 47.5 Å². The van der Waals surface area contributed by atoms with E-state index in [1.807, 2.05) is 24.1 Å². The van der Waals surface area contributed by atoms with Crippen molar-refractivity contribution in [3.8, 4) is 0 Å². The fourth-order valence-electron chi connectivity index (χ4n) is 2.90. The first-order valence-electron chi connectivity index (χ1n) is 9.12. The Morgan fingerprint density at radius 1 is 1.31 bits per heavy atom. The molecule has 1 heterocycles. The Balaban J connectivity index is 0.00000300. The number of anilines is 1. The Kier molecular flexibility index (Phi) is 8.37. The lowest BCUT2D eigenvalue weighted by molar-refractivity contribution is -0.116. The monoisotopic (exact) mass is 455 g/mol. The Labute approximate surface area is 186 Å². The fourth-order valence-corrected chi connectivity index (χ4v) is 4.26. The summed E-state index contributed by atoms with van der Waals surface area (Å²) in [4.78, 5) is 19.0. The highest BCUT2D eigenvalue weighted by atomic mass is 35.5. The normalized spacial score (nSPS) is 17.5. The van der Waals surface area contributed by atoms with Crippen LogP contribution in [0.2, 0.25) is 5.02 Å². The standard InChI is InChI=1S/C21H23ClFN3OS.ClH/c1-13(2)14-4-7-16(8-5-14)24-21-26(3)17(12-28-21)11-20(27)25-19-9-6-15(22)10-18(19)23;/h4-10,13,17H,11-12H2,1-3H3,(H,25,27);1H/b24-21-;. The number of hydrogen-bond donors (Lipinski definition) is 1. The maximum atomic E-state index is 13.9. The van der Waals surface area contributed by atoms with Gasteiger partial charge in [-0.3, -0.25) is 4.79 Å². The quantitative estimate of drug-likeness (QED) is 0.593. The largest absolute Gasteiger partial charge is 0.350 e. The third-order valence-electron chi connectivity index (χ3n) is 4.67. The first-order valence-corrected chi connectivity index (χ1v) is 10.5. The van der Waals surface area contributed by atoms with Gasteiger partial charge in [0.2, 0.25) is 5.91 Å². The highest BCUT2D eigenvalue weighted by molar-refractivity contribution is 8.14. The molecule has 1 fully saturated rings. The van der Waals surface area contributed by atoms with Crippen molar-refractivity contribution in [2.45, 2.75) is 32.2 Å². The Hall–Kier alpha value is -1.76. The van der Waals surface area contributed by atoms with Gasteiger partial charge in [0.05, 0.1) is 11.4 Å². The number of carbonyl (C=O) groups excluding carboxylic acids is 1. The van der Waals surface area contributed by atoms with Gasteiger partial charge in [0.1, 0.15) is 5.82 Å². The van der Waals surface area contributed by atoms with Crippen LogP contribution in [0.25, 0.3) is 0 Å². The highest BCUT2D eigenvalue weighted by Gasteiger charge is 2.29. The summed E-state index contributed by atoms with van der Waals surface area (Å²) in [6.45, 7) is 4.32. The average Bonchev–Trinajstić information content (AvgIpc) is 2.98. The van der Waals surface area contributed by atoms with Gasteiger partial charge in [0, 0.05) is 30.3 Å². The highest BCUT2D eigenvalue weighted by Crippen LogP contribution is 2.28. The van der Waals surface area contributed by atoms with Crippen LogP contribution in [-0.4, -0.2) is 34.8 Å². The lowest BCUT2D eigenvalue weighted by Crippen LogP contribution is -2.33. The molecule has 0 aliphatic carbocycles. The van der Waals surface area contributed by atoms with Crippen molar-refractivity contribution < 1.29 is 9.18 Å². The third kappa shape index (κ3) is 6.11. The molecule has 29 heavy (non-hydrogen) atoms. The van der Waals surface area contributed by atoms with Gasteiger partial charge in [-0.2, -0.15) is 0 Å². The molecule has 1 amide bonds. The van der Waals surface area contributed by atoms with E-state index < -0.39 is 5.82 Å². The molecule has 3 rings (SSSR count). The van der Waals surface area contributed by atoms with E-state index in [1.54, 1.807) is 17.8 Å². The first-order chi connectivity index (χ1) is 13.3. The van der Waals surface area contributed by atoms with E-state index in [4.69, 9.17) is 16.6 Å². The number of aliphatic imine (C=N–C) groups is 1. The van der Waals surface area contributed by atoms with Gasteiger partial charge in [0.15, 0.2) is 5.17 Å². The summed E-state index contributed by atoms with van der Waals surface area (Å²) in [5.41, 5.74) is 2.31. The van der Waals surface area contributed by atoms with Gasteiger partial charge >= 0.3 is 0 Å². The number of amides is 1. The van der Waals surface area contributed by atoms with Crippen molar-refractivity contribution in [2.75, 3.05) is 18.1 Å². The van der Waals surface area contributed by atoms with Crippen molar-refractivity contribution >= 4 is 58.2 Å². The molecule has 1 atom stereocenters. The smallest absolute Gasteiger partial charge is 0.226 e. The summed E-state index contributed by atoms with van der Waals surface area (Å²) in [6, 6.07) is 12.4. The number of nitrogens with zero attached hydrogens (tertiary/aromatic N) is 2. The summed E-state index contributed by atoms with van der Waals surface area (Å²) < 4.78 is 13.9. The van der Waals surface area contributed by atoms with Crippen molar-refractivity contribution in [1.82, 2.24) is 4.90 Å². The summed E-state index contributed by atoms with van der Waals surface area (Å²) in [5.74, 6) is 0.470. The second kappa shape index (κ2) is 10.3. The molecule has 2 aromatic rings. The minimum atomic E-state index is -0.540. The molecular weight excluding hydrogens is 432 g/mol. The summed E-state index contributed by atoms with van der Waals surface area (Å²) in [6.07, 6.45) is 0.261. The summed E-state index contributed by atoms with van der Waals surface area (Å²) in [7, 11) is 1.93. The number of benzene rings is 2. The van der Waals surface area contributed by atoms with Crippen molar-refractivity contribution in [3.05, 3.63) is 58.9 Å². The van der Waals surface area contributed by atoms with Crippen LogP contribution in [0.4, 0.5) is 15.8 Å². The van der Waals surface area contributed by atoms with Crippen LogP contribution in [0.5, 0.6) is 0 Å². The zero-order chi connectivity index (χ0) is 20.3. The van der Waals surface area contributed by atoms with Gasteiger partial charge in [0.25, 0.3) is 0 Å². The third-order valence-corrected chi connectivity index (χ3v) is 6.09. The van der Waals surface area contributed by atoms with E-state index in [1.165, 1.54) is 17.7 Å². The summed E-state index contributed by atoms with van der Waals surface area (Å²) in [5, 5.41) is 3.80. The van der Waals surface area contributed by atoms with E-state index >= 15 is 0 Å². The molecule has 0 spiro atoms. The van der Waals surface area contributed by atoms with Crippen molar-refractivity contribution in [1.29, 1.82) is 0 Å². The molecule has 0 saturated carbocycles. The van der Waals surface area contributed by atoms with Gasteiger partial charge < -0.3 is 10.2 Å². The van der Waals surface area contributed by atoms with Crippen LogP contribution < -0.4 is 5.32 Å². The molecule has 0 aromatic heterocycles. The average molecular weight is 456 g/mol. The lowest BCUT2D eigenvalue weighted by atomic mass is 10.0. The fraction of sp³-hybridized carbons (Fsp3) is 0.333. The second-order valence-electron chi connectivity index (χ2n) is 7.09. The summed E-state index contributed by atoms with van der Waals surface area (Å²) >= 11 is 7.36. The SMILES string of the molecule is CC(C)c1ccc(/N=C2\SCC(CC(=O)Nc3ccc(Cl)cc3F)N2C)cc1.Cl. The van der Waals surface area contributed by atoms with E-state index in [0.717, 1.165) is 16.6 Å². The minimum absolute atomic E-state index is 0. The molecule has 0 bridgehead atoms. The molecule has 156 valence electrons. The van der Waals surface area contributed by atoms with E-state index in [2.05, 4.69) is 31.3 Å². The van der Waals surface area contributed by atoms with Crippen LogP contribution in [-0.2, 0) is 4.79 Å². The van der Waals surface area contributed by atoms with Gasteiger partial charge in [-0.1, -0.05) is 49.3 Å². The van der Waals surface area contributed by atoms with Crippen molar-refractivity contribution in [3.63, 3.8) is 0 Å². The number of halogens is 3. The van der Waals surface area contributed by atoms with Gasteiger partial charge in [-0.15, -0.1) is 12.4 Å². The number of hydrogen-bond acceptors (Lipinski definition) is 3. The molecule has 4 nitrogen and oxygen atoms in total. The molecule has 1 saturated heterocycles. The molecule has 2 aromatic carbocycles. The van der Waals surface area contributed by atoms with Crippen LogP contribution in [0.1, 0.15) is 31.7 Å². The van der Waals surface area contributed by atoms with Crippen LogP contribution >= 0.6 is 35.8 Å². The minimum Gasteiger partial charge on any atom is -0.350 e. The van der Waals surface area contributed by atoms with Crippen LogP contribution in [0, 0.1) is 5.82 Å². The zero-order valence-electron chi connectivity index (χ0n) is 16.5. The van der Waals surface area contributed by atoms with Gasteiger partial charge in [-0.25, -0.2) is 9.38 Å². The van der Waals surface area contributed by atoms with Crippen molar-refractivity contribution in [2.24, 2.45) is 4.99 Å².